The zero-order valence-corrected chi connectivity index (χ0v) is 23.4. The van der Waals surface area contributed by atoms with E-state index in [9.17, 15) is 39.5 Å². The van der Waals surface area contributed by atoms with Crippen LogP contribution in [0.5, 0.6) is 11.5 Å². The molecule has 0 saturated heterocycles. The van der Waals surface area contributed by atoms with Gasteiger partial charge in [-0.15, -0.1) is 26.3 Å². The summed E-state index contributed by atoms with van der Waals surface area (Å²) in [7, 11) is 0. The molecule has 0 aliphatic rings. The molecule has 4 aromatic carbocycles. The number of nitrogens with one attached hydrogen (secondary N) is 1. The molecular weight excluding hydrogens is 621 g/mol. The maximum Gasteiger partial charge on any atom is 0.573 e. The molecule has 13 heteroatoms. The van der Waals surface area contributed by atoms with Crippen LogP contribution in [0.15, 0.2) is 108 Å². The Morgan fingerprint density at radius 1 is 0.568 bits per heavy atom. The van der Waals surface area contributed by atoms with Gasteiger partial charge in [0, 0.05) is 23.4 Å². The maximum absolute atomic E-state index is 13.1. The summed E-state index contributed by atoms with van der Waals surface area (Å²) < 4.78 is 126. The maximum atomic E-state index is 13.1. The Kier molecular flexibility index (Phi) is 10.1. The summed E-state index contributed by atoms with van der Waals surface area (Å²) in [4.78, 5) is -0.0404. The Hall–Kier alpha value is -3.84. The lowest BCUT2D eigenvalue weighted by molar-refractivity contribution is -0.275. The van der Waals surface area contributed by atoms with Crippen molar-refractivity contribution in [2.45, 2.75) is 41.5 Å². The van der Waals surface area contributed by atoms with Gasteiger partial charge in [-0.25, -0.2) is 0 Å². The van der Waals surface area contributed by atoms with E-state index in [1.54, 1.807) is 36.4 Å². The molecule has 1 N–H and O–H groups in total. The van der Waals surface area contributed by atoms with E-state index in [4.69, 9.17) is 0 Å². The lowest BCUT2D eigenvalue weighted by Gasteiger charge is -2.36. The van der Waals surface area contributed by atoms with Crippen molar-refractivity contribution in [3.8, 4) is 11.5 Å². The van der Waals surface area contributed by atoms with Crippen LogP contribution in [0.3, 0.4) is 0 Å². The predicted molar refractivity (Wildman–Crippen MR) is 147 cm³/mol. The predicted octanol–water partition coefficient (Wildman–Crippen LogP) is 9.41. The van der Waals surface area contributed by atoms with Gasteiger partial charge in [0.2, 0.25) is 0 Å². The second-order valence-electron chi connectivity index (χ2n) is 9.69. The summed E-state index contributed by atoms with van der Waals surface area (Å²) in [6, 6.07) is 24.7. The number of hydrogen-bond donors (Lipinski definition) is 1. The Bertz CT molecular complexity index is 1460. The standard InChI is InChI=1S/C31H24F9NO2S/c32-29(33,34)42-25-12-5-10-23(16-25)28(18-21-7-2-1-3-8-21,24-11-6-13-26(17-24)43-30(35,36)37)20-41-19-22-9-4-14-27(15-22)44-31(38,39)40/h1-17,41H,18-20H2. The molecule has 234 valence electrons. The number of alkyl halides is 9. The number of halogens is 9. The third kappa shape index (κ3) is 9.84. The van der Waals surface area contributed by atoms with Crippen LogP contribution in [0.4, 0.5) is 39.5 Å². The molecule has 0 spiro atoms. The zero-order valence-electron chi connectivity index (χ0n) is 22.6. The summed E-state index contributed by atoms with van der Waals surface area (Å²) in [6.07, 6.45) is -9.90. The van der Waals surface area contributed by atoms with Crippen LogP contribution >= 0.6 is 11.8 Å². The summed E-state index contributed by atoms with van der Waals surface area (Å²) >= 11 is -0.278. The van der Waals surface area contributed by atoms with Crippen LogP contribution in [0.25, 0.3) is 0 Å². The lowest BCUT2D eigenvalue weighted by atomic mass is 9.70. The SMILES string of the molecule is FC(F)(F)Oc1cccc(C(CNCc2cccc(SC(F)(F)F)c2)(Cc2ccccc2)c2cccc(OC(F)(F)F)c2)c1. The third-order valence-corrected chi connectivity index (χ3v) is 7.20. The monoisotopic (exact) mass is 645 g/mol. The summed E-state index contributed by atoms with van der Waals surface area (Å²) in [5.41, 5.74) is -4.06. The molecule has 0 unspecified atom stereocenters. The smallest absolute Gasteiger partial charge is 0.406 e. The minimum Gasteiger partial charge on any atom is -0.406 e. The molecule has 0 atom stereocenters. The number of rotatable bonds is 11. The van der Waals surface area contributed by atoms with E-state index in [1.165, 1.54) is 42.5 Å². The molecule has 0 fully saturated rings. The molecule has 44 heavy (non-hydrogen) atoms. The summed E-state index contributed by atoms with van der Waals surface area (Å²) in [5, 5.41) is 3.17. The van der Waals surface area contributed by atoms with Crippen LogP contribution < -0.4 is 14.8 Å². The van der Waals surface area contributed by atoms with Gasteiger partial charge in [0.1, 0.15) is 11.5 Å². The van der Waals surface area contributed by atoms with E-state index >= 15 is 0 Å². The van der Waals surface area contributed by atoms with Gasteiger partial charge in [0.15, 0.2) is 0 Å². The van der Waals surface area contributed by atoms with Gasteiger partial charge in [0.25, 0.3) is 0 Å². The second kappa shape index (κ2) is 13.4. The van der Waals surface area contributed by atoms with Gasteiger partial charge in [-0.1, -0.05) is 66.7 Å². The fraction of sp³-hybridized carbons (Fsp3) is 0.226. The molecule has 0 heterocycles. The van der Waals surface area contributed by atoms with Crippen molar-refractivity contribution in [1.29, 1.82) is 0 Å². The Balaban J connectivity index is 1.80. The number of benzene rings is 4. The summed E-state index contributed by atoms with van der Waals surface area (Å²) in [5.74, 6) is -1.07. The van der Waals surface area contributed by atoms with E-state index < -0.39 is 35.1 Å². The minimum absolute atomic E-state index is 0.0404. The molecule has 0 aliphatic heterocycles. The molecule has 0 aliphatic carbocycles. The van der Waals surface area contributed by atoms with E-state index in [1.807, 2.05) is 0 Å². The highest BCUT2D eigenvalue weighted by Crippen LogP contribution is 2.40. The van der Waals surface area contributed by atoms with Crippen LogP contribution in [0.2, 0.25) is 0 Å². The number of ether oxygens (including phenoxy) is 2. The van der Waals surface area contributed by atoms with Crippen LogP contribution in [-0.2, 0) is 18.4 Å². The van der Waals surface area contributed by atoms with Crippen molar-refractivity contribution in [3.05, 3.63) is 125 Å². The average molecular weight is 646 g/mol. The lowest BCUT2D eigenvalue weighted by Crippen LogP contribution is -2.41. The van der Waals surface area contributed by atoms with E-state index in [2.05, 4.69) is 14.8 Å². The quantitative estimate of drug-likeness (QED) is 0.130. The van der Waals surface area contributed by atoms with Crippen molar-refractivity contribution in [3.63, 3.8) is 0 Å². The Morgan fingerprint density at radius 2 is 1.09 bits per heavy atom. The molecule has 0 aromatic heterocycles. The molecular formula is C31H24F9NO2S. The van der Waals surface area contributed by atoms with E-state index in [-0.39, 0.29) is 47.3 Å². The fourth-order valence-corrected chi connectivity index (χ4v) is 5.46. The van der Waals surface area contributed by atoms with Gasteiger partial charge in [-0.3, -0.25) is 0 Å². The molecule has 0 saturated carbocycles. The van der Waals surface area contributed by atoms with Gasteiger partial charge in [0.05, 0.1) is 0 Å². The normalized spacial score (nSPS) is 12.7. The van der Waals surface area contributed by atoms with Crippen molar-refractivity contribution in [2.75, 3.05) is 6.54 Å². The topological polar surface area (TPSA) is 30.5 Å². The van der Waals surface area contributed by atoms with Crippen LogP contribution in [0.1, 0.15) is 22.3 Å². The minimum atomic E-state index is -5.00. The Labute approximate surface area is 251 Å². The van der Waals surface area contributed by atoms with Crippen LogP contribution in [-0.4, -0.2) is 24.8 Å². The molecule has 4 aromatic rings. The highest BCUT2D eigenvalue weighted by molar-refractivity contribution is 8.00. The molecule has 4 rings (SSSR count). The fourth-order valence-electron chi connectivity index (χ4n) is 4.84. The highest BCUT2D eigenvalue weighted by atomic mass is 32.2. The van der Waals surface area contributed by atoms with Gasteiger partial charge in [-0.05, 0) is 76.8 Å². The van der Waals surface area contributed by atoms with Gasteiger partial charge >= 0.3 is 18.2 Å². The second-order valence-corrected chi connectivity index (χ2v) is 10.8. The first-order valence-corrected chi connectivity index (χ1v) is 13.7. The van der Waals surface area contributed by atoms with Crippen molar-refractivity contribution in [1.82, 2.24) is 5.32 Å². The third-order valence-electron chi connectivity index (χ3n) is 6.48. The first kappa shape index (κ1) is 33.1. The average Bonchev–Trinajstić information content (AvgIpc) is 2.91. The molecule has 3 nitrogen and oxygen atoms in total. The van der Waals surface area contributed by atoms with Crippen molar-refractivity contribution < 1.29 is 49.0 Å². The number of thioether (sulfide) groups is 1. The Morgan fingerprint density at radius 3 is 1.61 bits per heavy atom. The van der Waals surface area contributed by atoms with Crippen molar-refractivity contribution >= 4 is 11.8 Å². The summed E-state index contributed by atoms with van der Waals surface area (Å²) in [6.45, 7) is -0.0102. The van der Waals surface area contributed by atoms with Crippen LogP contribution in [0, 0.1) is 0 Å². The number of hydrogen-bond acceptors (Lipinski definition) is 4. The zero-order chi connectivity index (χ0) is 32.0. The van der Waals surface area contributed by atoms with E-state index in [0.29, 0.717) is 11.1 Å². The molecule has 0 bridgehead atoms. The van der Waals surface area contributed by atoms with Crippen molar-refractivity contribution in [2.24, 2.45) is 0 Å². The first-order chi connectivity index (χ1) is 20.6. The first-order valence-electron chi connectivity index (χ1n) is 12.9. The molecule has 0 radical (unpaired) electrons. The van der Waals surface area contributed by atoms with Gasteiger partial charge in [-0.2, -0.15) is 13.2 Å². The molecule has 0 amide bonds. The van der Waals surface area contributed by atoms with E-state index in [0.717, 1.165) is 24.3 Å². The largest absolute Gasteiger partial charge is 0.573 e. The van der Waals surface area contributed by atoms with Gasteiger partial charge < -0.3 is 14.8 Å². The highest BCUT2D eigenvalue weighted by Gasteiger charge is 2.38.